The van der Waals surface area contributed by atoms with Crippen LogP contribution in [0.4, 0.5) is 0 Å². The summed E-state index contributed by atoms with van der Waals surface area (Å²) in [6.45, 7) is 3.84. The zero-order valence-electron chi connectivity index (χ0n) is 13.7. The van der Waals surface area contributed by atoms with Crippen LogP contribution < -0.4 is 0 Å². The van der Waals surface area contributed by atoms with Crippen LogP contribution in [-0.2, 0) is 10.0 Å². The van der Waals surface area contributed by atoms with Gasteiger partial charge < -0.3 is 5.11 Å². The van der Waals surface area contributed by atoms with Crippen molar-refractivity contribution in [1.82, 2.24) is 4.31 Å². The fourth-order valence-corrected chi connectivity index (χ4v) is 3.86. The van der Waals surface area contributed by atoms with Gasteiger partial charge in [0.15, 0.2) is 0 Å². The van der Waals surface area contributed by atoms with Gasteiger partial charge in [-0.3, -0.25) is 0 Å². The Morgan fingerprint density at radius 1 is 1.21 bits per heavy atom. The summed E-state index contributed by atoms with van der Waals surface area (Å²) in [4.78, 5) is 0.0551. The molecule has 0 aliphatic rings. The number of aliphatic hydroxyl groups excluding tert-OH is 1. The molecule has 0 fully saturated rings. The van der Waals surface area contributed by atoms with Gasteiger partial charge in [0, 0.05) is 13.1 Å². The Morgan fingerprint density at radius 3 is 2.46 bits per heavy atom. The molecule has 0 heterocycles. The highest BCUT2D eigenvalue weighted by atomic mass is 32.2. The fraction of sp³-hybridized carbons (Fsp3) is 0.278. The lowest BCUT2D eigenvalue weighted by Crippen LogP contribution is -2.34. The number of rotatable bonds is 6. The van der Waals surface area contributed by atoms with Crippen LogP contribution in [0.15, 0.2) is 53.4 Å². The molecule has 1 N–H and O–H groups in total. The van der Waals surface area contributed by atoms with Crippen molar-refractivity contribution < 1.29 is 13.5 Å². The molecular formula is C18H20N2O3S. The van der Waals surface area contributed by atoms with E-state index in [2.05, 4.69) is 0 Å². The van der Waals surface area contributed by atoms with Gasteiger partial charge in [-0.15, -0.1) is 0 Å². The lowest BCUT2D eigenvalue weighted by Gasteiger charge is -2.23. The third-order valence-corrected chi connectivity index (χ3v) is 5.73. The van der Waals surface area contributed by atoms with Gasteiger partial charge in [0.1, 0.15) is 0 Å². The van der Waals surface area contributed by atoms with E-state index in [4.69, 9.17) is 5.26 Å². The summed E-state index contributed by atoms with van der Waals surface area (Å²) < 4.78 is 26.7. The van der Waals surface area contributed by atoms with E-state index >= 15 is 0 Å². The highest BCUT2D eigenvalue weighted by molar-refractivity contribution is 7.89. The van der Waals surface area contributed by atoms with E-state index in [9.17, 15) is 13.5 Å². The Bertz CT molecular complexity index is 839. The summed E-state index contributed by atoms with van der Waals surface area (Å²) in [6, 6.07) is 15.2. The maximum atomic E-state index is 12.8. The molecule has 2 aromatic rings. The van der Waals surface area contributed by atoms with Gasteiger partial charge in [0.25, 0.3) is 0 Å². The van der Waals surface area contributed by atoms with Crippen LogP contribution in [0.25, 0.3) is 0 Å². The van der Waals surface area contributed by atoms with E-state index in [1.807, 2.05) is 25.1 Å². The number of aryl methyl sites for hydroxylation is 1. The second kappa shape index (κ2) is 7.58. The van der Waals surface area contributed by atoms with Crippen LogP contribution in [0.1, 0.15) is 29.7 Å². The number of hydrogen-bond acceptors (Lipinski definition) is 4. The monoisotopic (exact) mass is 344 g/mol. The maximum absolute atomic E-state index is 12.8. The molecule has 24 heavy (non-hydrogen) atoms. The smallest absolute Gasteiger partial charge is 0.243 e. The van der Waals surface area contributed by atoms with Crippen LogP contribution in [0.5, 0.6) is 0 Å². The van der Waals surface area contributed by atoms with Crippen LogP contribution in [0.3, 0.4) is 0 Å². The molecular weight excluding hydrogens is 324 g/mol. The van der Waals surface area contributed by atoms with E-state index in [-0.39, 0.29) is 23.5 Å². The highest BCUT2D eigenvalue weighted by Crippen LogP contribution is 2.21. The first-order valence-corrected chi connectivity index (χ1v) is 9.07. The first-order valence-electron chi connectivity index (χ1n) is 7.63. The van der Waals surface area contributed by atoms with E-state index in [1.54, 1.807) is 25.1 Å². The molecule has 0 saturated heterocycles. The number of nitriles is 1. The predicted octanol–water partition coefficient (Wildman–Crippen LogP) is 2.61. The highest BCUT2D eigenvalue weighted by Gasteiger charge is 2.26. The Morgan fingerprint density at radius 2 is 1.88 bits per heavy atom. The van der Waals surface area contributed by atoms with Crippen LogP contribution in [0, 0.1) is 18.3 Å². The van der Waals surface area contributed by atoms with Crippen molar-refractivity contribution in [3.05, 3.63) is 65.2 Å². The van der Waals surface area contributed by atoms with Crippen molar-refractivity contribution in [3.63, 3.8) is 0 Å². The van der Waals surface area contributed by atoms with Crippen molar-refractivity contribution in [2.24, 2.45) is 0 Å². The summed E-state index contributed by atoms with van der Waals surface area (Å²) >= 11 is 0. The van der Waals surface area contributed by atoms with E-state index in [1.165, 1.54) is 22.5 Å². The van der Waals surface area contributed by atoms with Gasteiger partial charge in [-0.05, 0) is 30.7 Å². The zero-order chi connectivity index (χ0) is 17.7. The Hall–Kier alpha value is -2.20. The Labute approximate surface area is 142 Å². The van der Waals surface area contributed by atoms with E-state index in [0.717, 1.165) is 5.56 Å². The molecule has 2 aromatic carbocycles. The molecule has 0 bridgehead atoms. The van der Waals surface area contributed by atoms with E-state index < -0.39 is 16.1 Å². The second-order valence-electron chi connectivity index (χ2n) is 5.52. The Balaban J connectivity index is 2.26. The van der Waals surface area contributed by atoms with Crippen molar-refractivity contribution in [1.29, 1.82) is 5.26 Å². The van der Waals surface area contributed by atoms with Gasteiger partial charge in [-0.25, -0.2) is 8.42 Å². The zero-order valence-corrected chi connectivity index (χ0v) is 14.5. The standard InChI is InChI=1S/C18H20N2O3S/c1-3-20(13-18(21)16-9-7-14(2)8-10-16)24(22,23)17-6-4-5-15(11-17)12-19/h4-11,18,21H,3,13H2,1-2H3/t18-/m0/s1. The van der Waals surface area contributed by atoms with Crippen molar-refractivity contribution in [3.8, 4) is 6.07 Å². The average Bonchev–Trinajstić information content (AvgIpc) is 2.59. The molecule has 5 nitrogen and oxygen atoms in total. The Kier molecular flexibility index (Phi) is 5.73. The first kappa shape index (κ1) is 18.1. The molecule has 0 unspecified atom stereocenters. The van der Waals surface area contributed by atoms with Crippen LogP contribution in [0.2, 0.25) is 0 Å². The summed E-state index contributed by atoms with van der Waals surface area (Å²) in [7, 11) is -3.77. The second-order valence-corrected chi connectivity index (χ2v) is 7.46. The molecule has 0 aromatic heterocycles. The molecule has 0 spiro atoms. The molecule has 0 radical (unpaired) electrons. The third-order valence-electron chi connectivity index (χ3n) is 3.79. The van der Waals surface area contributed by atoms with Gasteiger partial charge in [-0.2, -0.15) is 9.57 Å². The first-order chi connectivity index (χ1) is 11.4. The maximum Gasteiger partial charge on any atom is 0.243 e. The normalized spacial score (nSPS) is 12.8. The number of likely N-dealkylation sites (N-methyl/N-ethyl adjacent to an activating group) is 1. The topological polar surface area (TPSA) is 81.4 Å². The third kappa shape index (κ3) is 4.01. The fourth-order valence-electron chi connectivity index (χ4n) is 2.36. The number of aliphatic hydroxyl groups is 1. The average molecular weight is 344 g/mol. The van der Waals surface area contributed by atoms with Crippen LogP contribution in [-0.4, -0.2) is 30.9 Å². The molecule has 0 aliphatic heterocycles. The molecule has 6 heteroatoms. The van der Waals surface area contributed by atoms with Gasteiger partial charge >= 0.3 is 0 Å². The lowest BCUT2D eigenvalue weighted by atomic mass is 10.1. The van der Waals surface area contributed by atoms with Gasteiger partial charge in [0.05, 0.1) is 22.6 Å². The molecule has 0 aliphatic carbocycles. The summed E-state index contributed by atoms with van der Waals surface area (Å²) in [6.07, 6.45) is -0.917. The van der Waals surface area contributed by atoms with Crippen LogP contribution >= 0.6 is 0 Å². The number of nitrogens with zero attached hydrogens (tertiary/aromatic N) is 2. The quantitative estimate of drug-likeness (QED) is 0.873. The minimum absolute atomic E-state index is 0.0430. The van der Waals surface area contributed by atoms with Gasteiger partial charge in [0.2, 0.25) is 10.0 Å². The summed E-state index contributed by atoms with van der Waals surface area (Å²) in [5.74, 6) is 0. The van der Waals surface area contributed by atoms with Crippen molar-refractivity contribution in [2.45, 2.75) is 24.8 Å². The molecule has 0 amide bonds. The molecule has 1 atom stereocenters. The minimum atomic E-state index is -3.77. The molecule has 0 saturated carbocycles. The predicted molar refractivity (Wildman–Crippen MR) is 91.7 cm³/mol. The minimum Gasteiger partial charge on any atom is -0.387 e. The van der Waals surface area contributed by atoms with Gasteiger partial charge in [-0.1, -0.05) is 42.8 Å². The number of sulfonamides is 1. The number of hydrogen-bond donors (Lipinski definition) is 1. The summed E-state index contributed by atoms with van der Waals surface area (Å²) in [5, 5.41) is 19.3. The molecule has 2 rings (SSSR count). The number of benzene rings is 2. The SMILES string of the molecule is CCN(C[C@H](O)c1ccc(C)cc1)S(=O)(=O)c1cccc(C#N)c1. The largest absolute Gasteiger partial charge is 0.387 e. The molecule has 126 valence electrons. The van der Waals surface area contributed by atoms with Crippen molar-refractivity contribution >= 4 is 10.0 Å². The van der Waals surface area contributed by atoms with Crippen molar-refractivity contribution in [2.75, 3.05) is 13.1 Å². The lowest BCUT2D eigenvalue weighted by molar-refractivity contribution is 0.149. The summed E-state index contributed by atoms with van der Waals surface area (Å²) in [5.41, 5.74) is 2.02. The van der Waals surface area contributed by atoms with E-state index in [0.29, 0.717) is 5.56 Å².